The molecule has 0 unspecified atom stereocenters. The molecule has 0 radical (unpaired) electrons. The predicted octanol–water partition coefficient (Wildman–Crippen LogP) is 0.560. The summed E-state index contributed by atoms with van der Waals surface area (Å²) in [7, 11) is 5.16. The molecule has 20 heavy (non-hydrogen) atoms. The Labute approximate surface area is 118 Å². The first-order chi connectivity index (χ1) is 9.76. The maximum absolute atomic E-state index is 5.34. The van der Waals surface area contributed by atoms with Gasteiger partial charge in [-0.2, -0.15) is 0 Å². The molecule has 0 aromatic carbocycles. The van der Waals surface area contributed by atoms with E-state index in [9.17, 15) is 0 Å². The van der Waals surface area contributed by atoms with Gasteiger partial charge in [-0.25, -0.2) is 0 Å². The van der Waals surface area contributed by atoms with E-state index in [-0.39, 0.29) is 0 Å². The van der Waals surface area contributed by atoms with Crippen LogP contribution in [0.25, 0.3) is 0 Å². The molecule has 0 aliphatic rings. The zero-order valence-corrected chi connectivity index (χ0v) is 12.0. The second kappa shape index (κ2) is 6.85. The Bertz CT molecular complexity index is 555. The Morgan fingerprint density at radius 3 is 2.80 bits per heavy atom. The summed E-state index contributed by atoms with van der Waals surface area (Å²) >= 11 is 0. The average Bonchev–Trinajstić information content (AvgIpc) is 2.88. The SMILES string of the molecule is COc1ccnc(CNCCc2nncn2C)c1OC. The molecule has 7 nitrogen and oxygen atoms in total. The minimum absolute atomic E-state index is 0.609. The van der Waals surface area contributed by atoms with E-state index in [1.807, 2.05) is 11.6 Å². The van der Waals surface area contributed by atoms with Crippen LogP contribution in [-0.2, 0) is 20.0 Å². The summed E-state index contributed by atoms with van der Waals surface area (Å²) in [5.74, 6) is 2.30. The summed E-state index contributed by atoms with van der Waals surface area (Å²) in [6, 6.07) is 1.78. The Balaban J connectivity index is 1.89. The summed E-state index contributed by atoms with van der Waals surface area (Å²) in [6.07, 6.45) is 4.21. The first-order valence-electron chi connectivity index (χ1n) is 6.35. The average molecular weight is 277 g/mol. The van der Waals surface area contributed by atoms with Crippen molar-refractivity contribution in [2.45, 2.75) is 13.0 Å². The van der Waals surface area contributed by atoms with Gasteiger partial charge in [0.25, 0.3) is 0 Å². The van der Waals surface area contributed by atoms with E-state index in [1.54, 1.807) is 32.8 Å². The van der Waals surface area contributed by atoms with Crippen LogP contribution in [0.2, 0.25) is 0 Å². The molecule has 2 aromatic heterocycles. The third kappa shape index (κ3) is 3.24. The second-order valence-electron chi connectivity index (χ2n) is 4.28. The minimum atomic E-state index is 0.609. The van der Waals surface area contributed by atoms with Gasteiger partial charge in [0.2, 0.25) is 0 Å². The Hall–Kier alpha value is -2.15. The van der Waals surface area contributed by atoms with Crippen molar-refractivity contribution in [3.05, 3.63) is 30.1 Å². The Morgan fingerprint density at radius 2 is 2.15 bits per heavy atom. The number of ether oxygens (including phenoxy) is 2. The second-order valence-corrected chi connectivity index (χ2v) is 4.28. The van der Waals surface area contributed by atoms with Gasteiger partial charge in [-0.15, -0.1) is 10.2 Å². The molecule has 0 fully saturated rings. The van der Waals surface area contributed by atoms with Crippen molar-refractivity contribution in [2.24, 2.45) is 7.05 Å². The fraction of sp³-hybridized carbons (Fsp3) is 0.462. The Kier molecular flexibility index (Phi) is 4.89. The summed E-state index contributed by atoms with van der Waals surface area (Å²) in [5.41, 5.74) is 0.824. The van der Waals surface area contributed by atoms with Crippen LogP contribution >= 0.6 is 0 Å². The lowest BCUT2D eigenvalue weighted by Gasteiger charge is -2.12. The van der Waals surface area contributed by atoms with Gasteiger partial charge in [-0.3, -0.25) is 4.98 Å². The molecule has 1 N–H and O–H groups in total. The van der Waals surface area contributed by atoms with Crippen molar-refractivity contribution in [1.29, 1.82) is 0 Å². The van der Waals surface area contributed by atoms with E-state index in [0.29, 0.717) is 18.0 Å². The minimum Gasteiger partial charge on any atom is -0.493 e. The molecule has 2 rings (SSSR count). The molecule has 108 valence electrons. The highest BCUT2D eigenvalue weighted by molar-refractivity contribution is 5.42. The number of hydrogen-bond donors (Lipinski definition) is 1. The molecular formula is C13H19N5O2. The molecule has 0 saturated carbocycles. The largest absolute Gasteiger partial charge is 0.493 e. The lowest BCUT2D eigenvalue weighted by molar-refractivity contribution is 0.348. The van der Waals surface area contributed by atoms with Crippen molar-refractivity contribution >= 4 is 0 Å². The molecule has 7 heteroatoms. The van der Waals surface area contributed by atoms with Crippen LogP contribution in [0.1, 0.15) is 11.5 Å². The molecule has 0 atom stereocenters. The number of rotatable bonds is 7. The van der Waals surface area contributed by atoms with Gasteiger partial charge in [0, 0.05) is 38.8 Å². The summed E-state index contributed by atoms with van der Waals surface area (Å²) in [6.45, 7) is 1.40. The van der Waals surface area contributed by atoms with E-state index in [4.69, 9.17) is 9.47 Å². The van der Waals surface area contributed by atoms with Gasteiger partial charge in [-0.05, 0) is 0 Å². The van der Waals surface area contributed by atoms with Crippen molar-refractivity contribution in [1.82, 2.24) is 25.1 Å². The molecule has 2 aromatic rings. The van der Waals surface area contributed by atoms with Crippen LogP contribution < -0.4 is 14.8 Å². The van der Waals surface area contributed by atoms with Gasteiger partial charge >= 0.3 is 0 Å². The van der Waals surface area contributed by atoms with Crippen LogP contribution in [0, 0.1) is 0 Å². The smallest absolute Gasteiger partial charge is 0.183 e. The molecule has 0 spiro atoms. The third-order valence-corrected chi connectivity index (χ3v) is 2.99. The highest BCUT2D eigenvalue weighted by atomic mass is 16.5. The van der Waals surface area contributed by atoms with Gasteiger partial charge < -0.3 is 19.4 Å². The first-order valence-corrected chi connectivity index (χ1v) is 6.35. The quantitative estimate of drug-likeness (QED) is 0.745. The fourth-order valence-electron chi connectivity index (χ4n) is 1.92. The fourth-order valence-corrected chi connectivity index (χ4v) is 1.92. The van der Waals surface area contributed by atoms with Crippen molar-refractivity contribution in [3.63, 3.8) is 0 Å². The van der Waals surface area contributed by atoms with E-state index < -0.39 is 0 Å². The lowest BCUT2D eigenvalue weighted by Crippen LogP contribution is -2.19. The van der Waals surface area contributed by atoms with Crippen LogP contribution in [0.3, 0.4) is 0 Å². The number of aryl methyl sites for hydroxylation is 1. The standard InChI is InChI=1S/C13H19N5O2/c1-18-9-16-17-12(18)5-6-14-8-10-13(20-3)11(19-2)4-7-15-10/h4,7,9,14H,5-6,8H2,1-3H3. The summed E-state index contributed by atoms with van der Waals surface area (Å²) in [4.78, 5) is 4.31. The molecule has 0 aliphatic carbocycles. The van der Waals surface area contributed by atoms with Gasteiger partial charge in [-0.1, -0.05) is 0 Å². The zero-order chi connectivity index (χ0) is 14.4. The highest BCUT2D eigenvalue weighted by Crippen LogP contribution is 2.28. The maximum Gasteiger partial charge on any atom is 0.183 e. The number of hydrogen-bond acceptors (Lipinski definition) is 6. The zero-order valence-electron chi connectivity index (χ0n) is 12.0. The number of pyridine rings is 1. The van der Waals surface area contributed by atoms with Gasteiger partial charge in [0.1, 0.15) is 12.2 Å². The molecular weight excluding hydrogens is 258 g/mol. The topological polar surface area (TPSA) is 74.1 Å². The molecule has 2 heterocycles. The highest BCUT2D eigenvalue weighted by Gasteiger charge is 2.10. The predicted molar refractivity (Wildman–Crippen MR) is 73.8 cm³/mol. The molecule has 0 saturated heterocycles. The van der Waals surface area contributed by atoms with Crippen LogP contribution in [0.5, 0.6) is 11.5 Å². The normalized spacial score (nSPS) is 10.6. The molecule has 0 bridgehead atoms. The third-order valence-electron chi connectivity index (χ3n) is 2.99. The van der Waals surface area contributed by atoms with E-state index in [0.717, 1.165) is 24.5 Å². The Morgan fingerprint density at radius 1 is 1.30 bits per heavy atom. The number of nitrogens with zero attached hydrogens (tertiary/aromatic N) is 4. The van der Waals surface area contributed by atoms with E-state index in [2.05, 4.69) is 20.5 Å². The van der Waals surface area contributed by atoms with Gasteiger partial charge in [0.15, 0.2) is 11.5 Å². The van der Waals surface area contributed by atoms with Crippen molar-refractivity contribution in [3.8, 4) is 11.5 Å². The van der Waals surface area contributed by atoms with E-state index in [1.165, 1.54) is 0 Å². The first kappa shape index (κ1) is 14.3. The van der Waals surface area contributed by atoms with Crippen LogP contribution in [0.15, 0.2) is 18.6 Å². The van der Waals surface area contributed by atoms with Crippen LogP contribution in [0.4, 0.5) is 0 Å². The van der Waals surface area contributed by atoms with Gasteiger partial charge in [0.05, 0.1) is 19.9 Å². The monoisotopic (exact) mass is 277 g/mol. The maximum atomic E-state index is 5.34. The number of nitrogens with one attached hydrogen (secondary N) is 1. The number of aromatic nitrogens is 4. The molecule has 0 amide bonds. The van der Waals surface area contributed by atoms with Crippen molar-refractivity contribution < 1.29 is 9.47 Å². The summed E-state index contributed by atoms with van der Waals surface area (Å²) < 4.78 is 12.5. The van der Waals surface area contributed by atoms with E-state index >= 15 is 0 Å². The van der Waals surface area contributed by atoms with Crippen LogP contribution in [-0.4, -0.2) is 40.5 Å². The van der Waals surface area contributed by atoms with Crippen molar-refractivity contribution in [2.75, 3.05) is 20.8 Å². The number of methoxy groups -OCH3 is 2. The summed E-state index contributed by atoms with van der Waals surface area (Å²) in [5, 5.41) is 11.2. The lowest BCUT2D eigenvalue weighted by atomic mass is 10.3. The molecule has 0 aliphatic heterocycles.